The van der Waals surface area contributed by atoms with Crippen LogP contribution in [0.5, 0.6) is 0 Å². The molecule has 2 saturated carbocycles. The first-order valence-corrected chi connectivity index (χ1v) is 8.72. The Kier molecular flexibility index (Phi) is 4.51. The Hall–Kier alpha value is -1.06. The van der Waals surface area contributed by atoms with Crippen molar-refractivity contribution in [1.29, 1.82) is 0 Å². The number of amides is 1. The van der Waals surface area contributed by atoms with Crippen molar-refractivity contribution >= 4 is 11.9 Å². The monoisotopic (exact) mass is 293 g/mol. The van der Waals surface area contributed by atoms with Crippen molar-refractivity contribution in [3.63, 3.8) is 0 Å². The summed E-state index contributed by atoms with van der Waals surface area (Å²) < 4.78 is 0. The molecule has 2 aliphatic carbocycles. The first-order chi connectivity index (χ1) is 10.2. The van der Waals surface area contributed by atoms with E-state index in [4.69, 9.17) is 0 Å². The average molecular weight is 293 g/mol. The lowest BCUT2D eigenvalue weighted by molar-refractivity contribution is -0.155. The summed E-state index contributed by atoms with van der Waals surface area (Å²) in [6, 6.07) is 0.399. The minimum absolute atomic E-state index is 0.152. The van der Waals surface area contributed by atoms with Crippen molar-refractivity contribution in [2.45, 2.75) is 70.3 Å². The molecule has 4 heteroatoms. The fourth-order valence-corrected chi connectivity index (χ4v) is 4.83. The number of rotatable bonds is 2. The second kappa shape index (κ2) is 6.37. The lowest BCUT2D eigenvalue weighted by Gasteiger charge is -2.46. The Balaban J connectivity index is 1.74. The Morgan fingerprint density at radius 3 is 2.19 bits per heavy atom. The van der Waals surface area contributed by atoms with Crippen LogP contribution in [0.4, 0.5) is 0 Å². The maximum absolute atomic E-state index is 13.0. The summed E-state index contributed by atoms with van der Waals surface area (Å²) in [4.78, 5) is 26.5. The van der Waals surface area contributed by atoms with Crippen LogP contribution in [0, 0.1) is 17.8 Å². The highest BCUT2D eigenvalue weighted by molar-refractivity contribution is 5.85. The van der Waals surface area contributed by atoms with E-state index in [9.17, 15) is 14.7 Å². The van der Waals surface area contributed by atoms with Gasteiger partial charge in [0.25, 0.3) is 0 Å². The van der Waals surface area contributed by atoms with Crippen molar-refractivity contribution in [3.8, 4) is 0 Å². The number of carbonyl (C=O) groups is 2. The number of aliphatic carboxylic acids is 1. The molecule has 0 aromatic carbocycles. The summed E-state index contributed by atoms with van der Waals surface area (Å²) >= 11 is 0. The summed E-state index contributed by atoms with van der Waals surface area (Å²) in [5.41, 5.74) is 0. The van der Waals surface area contributed by atoms with Crippen LogP contribution < -0.4 is 0 Å². The zero-order chi connectivity index (χ0) is 14.8. The van der Waals surface area contributed by atoms with Gasteiger partial charge in [-0.05, 0) is 44.4 Å². The maximum atomic E-state index is 13.0. The fraction of sp³-hybridized carbons (Fsp3) is 0.882. The summed E-state index contributed by atoms with van der Waals surface area (Å²) in [5, 5.41) is 9.42. The van der Waals surface area contributed by atoms with Crippen molar-refractivity contribution in [1.82, 2.24) is 4.90 Å². The molecule has 1 N–H and O–H groups in total. The van der Waals surface area contributed by atoms with Crippen LogP contribution >= 0.6 is 0 Å². The number of hydrogen-bond donors (Lipinski definition) is 1. The molecule has 21 heavy (non-hydrogen) atoms. The van der Waals surface area contributed by atoms with Gasteiger partial charge in [-0.25, -0.2) is 0 Å². The smallest absolute Gasteiger partial charge is 0.307 e. The van der Waals surface area contributed by atoms with Crippen LogP contribution in [0.25, 0.3) is 0 Å². The van der Waals surface area contributed by atoms with Crippen LogP contribution in [-0.4, -0.2) is 34.5 Å². The van der Waals surface area contributed by atoms with Gasteiger partial charge in [-0.3, -0.25) is 9.59 Å². The standard InChI is InChI=1S/C17H27NO3/c19-16(13-8-2-3-9-14(13)17(20)21)18-11-5-7-12-6-1-4-10-15(12)18/h12-15H,1-11H2,(H,20,21)/t12-,13-,14+,15-/m1/s1. The highest BCUT2D eigenvalue weighted by atomic mass is 16.4. The largest absolute Gasteiger partial charge is 0.481 e. The number of likely N-dealkylation sites (tertiary alicyclic amines) is 1. The molecule has 4 atom stereocenters. The molecular weight excluding hydrogens is 266 g/mol. The Morgan fingerprint density at radius 2 is 1.43 bits per heavy atom. The molecule has 118 valence electrons. The summed E-state index contributed by atoms with van der Waals surface area (Å²) in [6.07, 6.45) is 10.6. The lowest BCUT2D eigenvalue weighted by atomic mass is 9.75. The predicted molar refractivity (Wildman–Crippen MR) is 79.8 cm³/mol. The van der Waals surface area contributed by atoms with E-state index in [-0.39, 0.29) is 11.8 Å². The number of carbonyl (C=O) groups excluding carboxylic acids is 1. The third-order valence-corrected chi connectivity index (χ3v) is 5.93. The van der Waals surface area contributed by atoms with E-state index in [2.05, 4.69) is 4.90 Å². The van der Waals surface area contributed by atoms with Gasteiger partial charge in [0.1, 0.15) is 0 Å². The van der Waals surface area contributed by atoms with Crippen LogP contribution in [0.3, 0.4) is 0 Å². The van der Waals surface area contributed by atoms with E-state index in [1.165, 1.54) is 25.7 Å². The summed E-state index contributed by atoms with van der Waals surface area (Å²) in [5.74, 6) is -0.667. The van der Waals surface area contributed by atoms with E-state index in [1.54, 1.807) is 0 Å². The van der Waals surface area contributed by atoms with Gasteiger partial charge in [0.2, 0.25) is 5.91 Å². The number of piperidine rings is 1. The van der Waals surface area contributed by atoms with E-state index in [0.717, 1.165) is 38.6 Å². The second-order valence-corrected chi connectivity index (χ2v) is 7.12. The molecule has 0 bridgehead atoms. The zero-order valence-corrected chi connectivity index (χ0v) is 12.8. The van der Waals surface area contributed by atoms with Crippen molar-refractivity contribution in [3.05, 3.63) is 0 Å². The molecule has 1 amide bonds. The van der Waals surface area contributed by atoms with E-state index < -0.39 is 11.9 Å². The van der Waals surface area contributed by atoms with Gasteiger partial charge in [0.15, 0.2) is 0 Å². The average Bonchev–Trinajstić information content (AvgIpc) is 2.53. The quantitative estimate of drug-likeness (QED) is 0.851. The number of fused-ring (bicyclic) bond motifs is 1. The van der Waals surface area contributed by atoms with Gasteiger partial charge >= 0.3 is 5.97 Å². The van der Waals surface area contributed by atoms with Crippen LogP contribution in [0.1, 0.15) is 64.2 Å². The van der Waals surface area contributed by atoms with E-state index in [0.29, 0.717) is 18.4 Å². The SMILES string of the molecule is O=C(O)[C@H]1CCCC[C@H]1C(=O)N1CCC[C@H]2CCCC[C@H]21. The normalized spacial score (nSPS) is 36.9. The van der Waals surface area contributed by atoms with Gasteiger partial charge in [-0.15, -0.1) is 0 Å². The number of carboxylic acids is 1. The van der Waals surface area contributed by atoms with Gasteiger partial charge in [-0.1, -0.05) is 25.7 Å². The summed E-state index contributed by atoms with van der Waals surface area (Å²) in [6.45, 7) is 0.850. The van der Waals surface area contributed by atoms with Gasteiger partial charge < -0.3 is 10.0 Å². The maximum Gasteiger partial charge on any atom is 0.307 e. The second-order valence-electron chi connectivity index (χ2n) is 7.12. The molecule has 0 spiro atoms. The van der Waals surface area contributed by atoms with E-state index in [1.807, 2.05) is 0 Å². The number of nitrogens with zero attached hydrogens (tertiary/aromatic N) is 1. The molecule has 3 aliphatic rings. The third-order valence-electron chi connectivity index (χ3n) is 5.93. The Labute approximate surface area is 126 Å². The number of hydrogen-bond acceptors (Lipinski definition) is 2. The van der Waals surface area contributed by atoms with Crippen molar-refractivity contribution in [2.75, 3.05) is 6.54 Å². The van der Waals surface area contributed by atoms with E-state index >= 15 is 0 Å². The molecule has 3 rings (SSSR count). The van der Waals surface area contributed by atoms with Crippen LogP contribution in [0.2, 0.25) is 0 Å². The lowest BCUT2D eigenvalue weighted by Crippen LogP contribution is -2.53. The molecule has 1 aliphatic heterocycles. The molecule has 0 unspecified atom stereocenters. The van der Waals surface area contributed by atoms with Crippen LogP contribution in [0.15, 0.2) is 0 Å². The Bertz CT molecular complexity index is 407. The molecule has 4 nitrogen and oxygen atoms in total. The van der Waals surface area contributed by atoms with Gasteiger partial charge in [0, 0.05) is 12.6 Å². The Morgan fingerprint density at radius 1 is 0.810 bits per heavy atom. The molecule has 1 heterocycles. The highest BCUT2D eigenvalue weighted by Crippen LogP contribution is 2.38. The fourth-order valence-electron chi connectivity index (χ4n) is 4.83. The summed E-state index contributed by atoms with van der Waals surface area (Å²) in [7, 11) is 0. The zero-order valence-electron chi connectivity index (χ0n) is 12.8. The highest BCUT2D eigenvalue weighted by Gasteiger charge is 2.42. The molecule has 0 aromatic heterocycles. The molecule has 1 saturated heterocycles. The van der Waals surface area contributed by atoms with Gasteiger partial charge in [-0.2, -0.15) is 0 Å². The minimum atomic E-state index is -0.773. The molecule has 3 fully saturated rings. The molecular formula is C17H27NO3. The van der Waals surface area contributed by atoms with Crippen molar-refractivity contribution in [2.24, 2.45) is 17.8 Å². The van der Waals surface area contributed by atoms with Gasteiger partial charge in [0.05, 0.1) is 11.8 Å². The number of carboxylic acid groups (broad SMARTS) is 1. The topological polar surface area (TPSA) is 57.6 Å². The molecule has 0 radical (unpaired) electrons. The van der Waals surface area contributed by atoms with Crippen LogP contribution in [-0.2, 0) is 9.59 Å². The minimum Gasteiger partial charge on any atom is -0.481 e. The van der Waals surface area contributed by atoms with Crippen molar-refractivity contribution < 1.29 is 14.7 Å². The first kappa shape index (κ1) is 14.9. The third kappa shape index (κ3) is 2.95. The first-order valence-electron chi connectivity index (χ1n) is 8.72. The molecule has 0 aromatic rings. The predicted octanol–water partition coefficient (Wildman–Crippen LogP) is 3.06.